The Hall–Kier alpha value is -5.12. The Balaban J connectivity index is 1.71. The van der Waals surface area contributed by atoms with Gasteiger partial charge in [0.1, 0.15) is 17.3 Å². The maximum absolute atomic E-state index is 13.6. The van der Waals surface area contributed by atoms with Crippen molar-refractivity contribution in [1.29, 1.82) is 0 Å². The number of amides is 1. The van der Waals surface area contributed by atoms with Crippen molar-refractivity contribution in [3.8, 4) is 11.5 Å². The molecule has 0 aliphatic carbocycles. The van der Waals surface area contributed by atoms with Gasteiger partial charge in [-0.25, -0.2) is 9.78 Å². The smallest absolute Gasteiger partial charge is 0.335 e. The number of aromatic amines is 1. The van der Waals surface area contributed by atoms with Crippen LogP contribution in [0.2, 0.25) is 0 Å². The van der Waals surface area contributed by atoms with E-state index in [2.05, 4.69) is 9.97 Å². The minimum absolute atomic E-state index is 0.0385. The van der Waals surface area contributed by atoms with Gasteiger partial charge in [-0.2, -0.15) is 0 Å². The molecule has 5 rings (SSSR count). The number of carboxylic acid groups (broad SMARTS) is 1. The first kappa shape index (κ1) is 28.4. The van der Waals surface area contributed by atoms with Crippen LogP contribution in [-0.2, 0) is 15.0 Å². The Kier molecular flexibility index (Phi) is 7.24. The lowest BCUT2D eigenvalue weighted by atomic mass is 9.84. The predicted molar refractivity (Wildman–Crippen MR) is 157 cm³/mol. The zero-order chi connectivity index (χ0) is 30.3. The molecular weight excluding hydrogens is 538 g/mol. The molecule has 4 aromatic rings. The lowest BCUT2D eigenvalue weighted by Crippen LogP contribution is -2.30. The third kappa shape index (κ3) is 4.96. The fourth-order valence-corrected chi connectivity index (χ4v) is 5.10. The van der Waals surface area contributed by atoms with Crippen molar-refractivity contribution in [1.82, 2.24) is 9.97 Å². The number of hydrogen-bond donors (Lipinski definition) is 3. The summed E-state index contributed by atoms with van der Waals surface area (Å²) in [5.74, 6) is -1.95. The summed E-state index contributed by atoms with van der Waals surface area (Å²) in [6.45, 7) is 8.40. The summed E-state index contributed by atoms with van der Waals surface area (Å²) >= 11 is 0. The van der Waals surface area contributed by atoms with E-state index in [0.717, 1.165) is 5.56 Å². The second kappa shape index (κ2) is 10.7. The van der Waals surface area contributed by atoms with E-state index in [1.54, 1.807) is 42.5 Å². The zero-order valence-electron chi connectivity index (χ0n) is 23.9. The van der Waals surface area contributed by atoms with Gasteiger partial charge in [0.25, 0.3) is 5.78 Å². The summed E-state index contributed by atoms with van der Waals surface area (Å²) in [6.07, 6.45) is 0. The Labute approximate surface area is 242 Å². The van der Waals surface area contributed by atoms with Gasteiger partial charge in [0, 0.05) is 11.1 Å². The maximum atomic E-state index is 13.6. The molecule has 10 nitrogen and oxygen atoms in total. The molecule has 42 heavy (non-hydrogen) atoms. The van der Waals surface area contributed by atoms with Crippen LogP contribution in [0.15, 0.2) is 66.2 Å². The minimum atomic E-state index is -1.11. The maximum Gasteiger partial charge on any atom is 0.335 e. The summed E-state index contributed by atoms with van der Waals surface area (Å²) in [5.41, 5.74) is 2.09. The van der Waals surface area contributed by atoms with E-state index in [-0.39, 0.29) is 28.3 Å². The third-order valence-electron chi connectivity index (χ3n) is 7.18. The van der Waals surface area contributed by atoms with Gasteiger partial charge in [0.05, 0.1) is 41.9 Å². The van der Waals surface area contributed by atoms with Crippen LogP contribution in [0.5, 0.6) is 11.5 Å². The third-order valence-corrected chi connectivity index (χ3v) is 7.18. The number of carboxylic acids is 1. The number of H-pyrrole nitrogens is 1. The van der Waals surface area contributed by atoms with E-state index in [1.165, 1.54) is 30.2 Å². The van der Waals surface area contributed by atoms with E-state index in [4.69, 9.17) is 9.47 Å². The minimum Gasteiger partial charge on any atom is -0.507 e. The summed E-state index contributed by atoms with van der Waals surface area (Å²) in [5, 5.41) is 21.1. The summed E-state index contributed by atoms with van der Waals surface area (Å²) in [4.78, 5) is 47.4. The monoisotopic (exact) mass is 569 g/mol. The molecule has 1 aromatic heterocycles. The molecule has 10 heteroatoms. The number of fused-ring (bicyclic) bond motifs is 1. The largest absolute Gasteiger partial charge is 0.507 e. The van der Waals surface area contributed by atoms with Gasteiger partial charge in [-0.1, -0.05) is 32.9 Å². The van der Waals surface area contributed by atoms with Crippen molar-refractivity contribution >= 4 is 40.4 Å². The number of benzene rings is 3. The number of carbonyl (C=O) groups excluding carboxylic acids is 2. The van der Waals surface area contributed by atoms with E-state index in [0.29, 0.717) is 40.3 Å². The number of ketones is 1. The van der Waals surface area contributed by atoms with Crippen LogP contribution >= 0.6 is 0 Å². The Morgan fingerprint density at radius 2 is 1.69 bits per heavy atom. The number of nitrogens with one attached hydrogen (secondary N) is 1. The highest BCUT2D eigenvalue weighted by Crippen LogP contribution is 2.43. The number of aromatic carboxylic acids is 1. The molecule has 0 saturated carbocycles. The molecule has 2 heterocycles. The van der Waals surface area contributed by atoms with Crippen LogP contribution in [-0.4, -0.2) is 51.6 Å². The number of aliphatic hydroxyl groups excluding tert-OH is 1. The molecule has 1 aliphatic heterocycles. The molecule has 1 saturated heterocycles. The predicted octanol–water partition coefficient (Wildman–Crippen LogP) is 5.59. The van der Waals surface area contributed by atoms with Crippen molar-refractivity contribution in [2.75, 3.05) is 18.6 Å². The molecule has 216 valence electrons. The molecule has 0 bridgehead atoms. The van der Waals surface area contributed by atoms with E-state index >= 15 is 0 Å². The first-order chi connectivity index (χ1) is 19.9. The summed E-state index contributed by atoms with van der Waals surface area (Å²) < 4.78 is 11.1. The van der Waals surface area contributed by atoms with Gasteiger partial charge in [-0.3, -0.25) is 14.5 Å². The molecule has 0 radical (unpaired) electrons. The average Bonchev–Trinajstić information content (AvgIpc) is 3.50. The van der Waals surface area contributed by atoms with Crippen LogP contribution in [0.1, 0.15) is 60.8 Å². The number of Topliss-reactive ketones (excluding diaryl/α,β-unsaturated/α-hetero) is 1. The van der Waals surface area contributed by atoms with E-state index in [9.17, 15) is 24.6 Å². The Bertz CT molecular complexity index is 1750. The average molecular weight is 570 g/mol. The van der Waals surface area contributed by atoms with Crippen LogP contribution in [0.3, 0.4) is 0 Å². The van der Waals surface area contributed by atoms with Gasteiger partial charge < -0.3 is 24.7 Å². The van der Waals surface area contributed by atoms with Crippen LogP contribution in [0.25, 0.3) is 16.8 Å². The number of aliphatic hydroxyl groups is 1. The second-order valence-electron chi connectivity index (χ2n) is 10.9. The lowest BCUT2D eigenvalue weighted by molar-refractivity contribution is -0.132. The van der Waals surface area contributed by atoms with Gasteiger partial charge in [-0.15, -0.1) is 0 Å². The van der Waals surface area contributed by atoms with Crippen molar-refractivity contribution in [3.05, 3.63) is 88.5 Å². The number of ether oxygens (including phenoxy) is 2. The molecule has 1 unspecified atom stereocenters. The number of methoxy groups -OCH3 is 1. The molecule has 3 N–H and O–H groups in total. The molecule has 1 atom stereocenters. The van der Waals surface area contributed by atoms with Crippen molar-refractivity contribution in [3.63, 3.8) is 0 Å². The second-order valence-corrected chi connectivity index (χ2v) is 10.9. The number of hydrogen-bond acceptors (Lipinski definition) is 7. The highest BCUT2D eigenvalue weighted by atomic mass is 16.5. The Morgan fingerprint density at radius 1 is 1.00 bits per heavy atom. The zero-order valence-corrected chi connectivity index (χ0v) is 23.9. The highest BCUT2D eigenvalue weighted by molar-refractivity contribution is 6.51. The van der Waals surface area contributed by atoms with E-state index < -0.39 is 23.7 Å². The first-order valence-electron chi connectivity index (χ1n) is 13.4. The number of nitrogens with zero attached hydrogens (tertiary/aromatic N) is 2. The van der Waals surface area contributed by atoms with Crippen molar-refractivity contribution < 1.29 is 34.1 Å². The topological polar surface area (TPSA) is 142 Å². The molecule has 1 aliphatic rings. The normalized spacial score (nSPS) is 16.7. The molecule has 0 spiro atoms. The molecule has 1 amide bonds. The summed E-state index contributed by atoms with van der Waals surface area (Å²) in [6, 6.07) is 15.3. The number of carbonyl (C=O) groups is 3. The van der Waals surface area contributed by atoms with E-state index in [1.807, 2.05) is 27.7 Å². The number of aromatic nitrogens is 2. The number of anilines is 1. The Morgan fingerprint density at radius 3 is 2.31 bits per heavy atom. The molecular formula is C32H31N3O7. The van der Waals surface area contributed by atoms with Gasteiger partial charge >= 0.3 is 11.9 Å². The van der Waals surface area contributed by atoms with Crippen LogP contribution < -0.4 is 14.4 Å². The van der Waals surface area contributed by atoms with Gasteiger partial charge in [0.15, 0.2) is 0 Å². The fourth-order valence-electron chi connectivity index (χ4n) is 5.10. The summed E-state index contributed by atoms with van der Waals surface area (Å²) in [7, 11) is 1.53. The number of rotatable bonds is 7. The standard InChI is InChI=1S/C32H31N3O7/c1-6-42-24-14-10-18(15-21(24)32(2,3)4)27(36)25-26(17-7-11-20(41-5)12-8-17)35(29(38)28(25)37)31-33-22-13-9-19(30(39)40)16-23(22)34-31/h7-16,26,36H,6H2,1-5H3,(H,33,34)(H,39,40)/b27-25+. The van der Waals surface area contributed by atoms with Crippen molar-refractivity contribution in [2.45, 2.75) is 39.2 Å². The first-order valence-corrected chi connectivity index (χ1v) is 13.4. The van der Waals surface area contributed by atoms with Crippen LogP contribution in [0.4, 0.5) is 5.95 Å². The van der Waals surface area contributed by atoms with Gasteiger partial charge in [-0.05, 0) is 66.4 Å². The van der Waals surface area contributed by atoms with Gasteiger partial charge in [0.2, 0.25) is 5.95 Å². The highest BCUT2D eigenvalue weighted by Gasteiger charge is 2.48. The van der Waals surface area contributed by atoms with Crippen molar-refractivity contribution in [2.24, 2.45) is 0 Å². The molecule has 3 aromatic carbocycles. The lowest BCUT2D eigenvalue weighted by Gasteiger charge is -2.25. The fraction of sp³-hybridized carbons (Fsp3) is 0.250. The molecule has 1 fully saturated rings. The quantitative estimate of drug-likeness (QED) is 0.149. The number of imidazole rings is 1. The SMILES string of the molecule is CCOc1ccc(/C(O)=C2\C(=O)C(=O)N(c3nc4ccc(C(=O)O)cc4[nH]3)C2c2ccc(OC)cc2)cc1C(C)(C)C. The van der Waals surface area contributed by atoms with Crippen LogP contribution in [0, 0.1) is 0 Å².